The van der Waals surface area contributed by atoms with E-state index in [0.29, 0.717) is 22.3 Å². The van der Waals surface area contributed by atoms with Crippen LogP contribution in [0, 0.1) is 0 Å². The van der Waals surface area contributed by atoms with Crippen LogP contribution in [0.25, 0.3) is 11.1 Å². The van der Waals surface area contributed by atoms with Crippen molar-refractivity contribution in [3.8, 4) is 57.1 Å². The maximum atomic E-state index is 11.0. The second kappa shape index (κ2) is 6.64. The molecule has 0 aromatic heterocycles. The Morgan fingerprint density at radius 2 is 0.788 bits per heavy atom. The lowest BCUT2D eigenvalue weighted by Gasteiger charge is -2.35. The van der Waals surface area contributed by atoms with Crippen molar-refractivity contribution in [3.63, 3.8) is 0 Å². The van der Waals surface area contributed by atoms with Gasteiger partial charge in [-0.15, -0.1) is 0 Å². The van der Waals surface area contributed by atoms with Gasteiger partial charge in [0.1, 0.15) is 11.5 Å². The van der Waals surface area contributed by atoms with E-state index in [1.54, 1.807) is 48.5 Å². The molecule has 33 heavy (non-hydrogen) atoms. The van der Waals surface area contributed by atoms with Crippen LogP contribution in [0.1, 0.15) is 22.3 Å². The average molecular weight is 446 g/mol. The van der Waals surface area contributed by atoms with E-state index in [2.05, 4.69) is 0 Å². The molecule has 4 aromatic rings. The third kappa shape index (κ3) is 2.40. The van der Waals surface area contributed by atoms with Gasteiger partial charge in [0, 0.05) is 12.1 Å². The molecule has 1 aliphatic rings. The first-order valence-corrected chi connectivity index (χ1v) is 9.85. The summed E-state index contributed by atoms with van der Waals surface area (Å²) >= 11 is 0. The minimum Gasteiger partial charge on any atom is -0.507 e. The zero-order chi connectivity index (χ0) is 23.7. The number of hydrogen-bond donors (Lipinski definition) is 8. The van der Waals surface area contributed by atoms with E-state index in [0.717, 1.165) is 12.1 Å². The topological polar surface area (TPSA) is 162 Å². The summed E-state index contributed by atoms with van der Waals surface area (Å²) in [5.41, 5.74) is -0.546. The van der Waals surface area contributed by atoms with Gasteiger partial charge >= 0.3 is 0 Å². The Hall–Kier alpha value is -4.72. The Kier molecular flexibility index (Phi) is 4.06. The molecule has 0 bridgehead atoms. The van der Waals surface area contributed by atoms with E-state index in [1.165, 1.54) is 0 Å². The Morgan fingerprint density at radius 3 is 1.18 bits per heavy atom. The van der Waals surface area contributed by atoms with Crippen LogP contribution in [0.15, 0.2) is 60.7 Å². The predicted octanol–water partition coefficient (Wildman–Crippen LogP) is 3.69. The zero-order valence-electron chi connectivity index (χ0n) is 16.9. The summed E-state index contributed by atoms with van der Waals surface area (Å²) in [6.45, 7) is 0. The van der Waals surface area contributed by atoms with E-state index in [1.807, 2.05) is 0 Å². The molecule has 8 N–H and O–H groups in total. The number of aromatic hydroxyl groups is 8. The molecule has 1 aliphatic carbocycles. The van der Waals surface area contributed by atoms with E-state index in [4.69, 9.17) is 0 Å². The van der Waals surface area contributed by atoms with Gasteiger partial charge in [-0.3, -0.25) is 0 Å². The van der Waals surface area contributed by atoms with Crippen molar-refractivity contribution in [2.75, 3.05) is 0 Å². The van der Waals surface area contributed by atoms with Crippen molar-refractivity contribution >= 4 is 0 Å². The third-order valence-electron chi connectivity index (χ3n) is 6.17. The first-order chi connectivity index (χ1) is 15.7. The summed E-state index contributed by atoms with van der Waals surface area (Å²) in [6.07, 6.45) is 0. The number of rotatable bonds is 2. The van der Waals surface area contributed by atoms with Crippen LogP contribution in [0.4, 0.5) is 0 Å². The number of hydrogen-bond acceptors (Lipinski definition) is 8. The van der Waals surface area contributed by atoms with Gasteiger partial charge in [-0.05, 0) is 22.3 Å². The Balaban J connectivity index is 2.11. The molecule has 0 spiro atoms. The minimum atomic E-state index is -1.87. The molecule has 0 aliphatic heterocycles. The van der Waals surface area contributed by atoms with Crippen LogP contribution in [0.5, 0.6) is 46.0 Å². The smallest absolute Gasteiger partial charge is 0.200 e. The molecular weight excluding hydrogens is 428 g/mol. The molecule has 0 amide bonds. The molecule has 0 fully saturated rings. The lowest BCUT2D eigenvalue weighted by atomic mass is 9.66. The van der Waals surface area contributed by atoms with Gasteiger partial charge in [0.25, 0.3) is 0 Å². The first-order valence-electron chi connectivity index (χ1n) is 9.85. The van der Waals surface area contributed by atoms with Crippen molar-refractivity contribution in [2.24, 2.45) is 0 Å². The maximum absolute atomic E-state index is 11.0. The van der Waals surface area contributed by atoms with Crippen molar-refractivity contribution in [3.05, 3.63) is 82.9 Å². The fraction of sp³-hybridized carbons (Fsp3) is 0.0400. The van der Waals surface area contributed by atoms with Crippen LogP contribution in [0.3, 0.4) is 0 Å². The number of phenolic OH excluding ortho intramolecular Hbond substituents is 8. The highest BCUT2D eigenvalue weighted by Crippen LogP contribution is 2.65. The highest BCUT2D eigenvalue weighted by Gasteiger charge is 2.53. The average Bonchev–Trinajstić information content (AvgIpc) is 3.07. The fourth-order valence-electron chi connectivity index (χ4n) is 4.90. The highest BCUT2D eigenvalue weighted by atomic mass is 16.3. The van der Waals surface area contributed by atoms with Gasteiger partial charge in [-0.2, -0.15) is 0 Å². The van der Waals surface area contributed by atoms with E-state index >= 15 is 0 Å². The second-order valence-corrected chi connectivity index (χ2v) is 7.82. The van der Waals surface area contributed by atoms with Crippen molar-refractivity contribution in [2.45, 2.75) is 5.41 Å². The monoisotopic (exact) mass is 446 g/mol. The van der Waals surface area contributed by atoms with E-state index < -0.39 is 51.4 Å². The molecule has 0 radical (unpaired) electrons. The van der Waals surface area contributed by atoms with Crippen LogP contribution < -0.4 is 0 Å². The van der Waals surface area contributed by atoms with Crippen molar-refractivity contribution < 1.29 is 40.9 Å². The summed E-state index contributed by atoms with van der Waals surface area (Å²) in [5.74, 6) is -6.52. The summed E-state index contributed by atoms with van der Waals surface area (Å²) < 4.78 is 0. The SMILES string of the molecule is Oc1cc(O)c(C2(c3c(O)cc(O)c(O)c3O)c3ccccc3-c3ccccc32)c(O)c1O. The quantitative estimate of drug-likeness (QED) is 0.150. The van der Waals surface area contributed by atoms with Crippen LogP contribution >= 0.6 is 0 Å². The lowest BCUT2D eigenvalue weighted by molar-refractivity contribution is 0.343. The Labute approximate surface area is 186 Å². The molecule has 0 unspecified atom stereocenters. The summed E-state index contributed by atoms with van der Waals surface area (Å²) in [5, 5.41) is 84.3. The molecule has 0 saturated heterocycles. The van der Waals surface area contributed by atoms with E-state index in [9.17, 15) is 40.9 Å². The molecule has 5 rings (SSSR count). The molecule has 0 atom stereocenters. The fourth-order valence-corrected chi connectivity index (χ4v) is 4.90. The summed E-state index contributed by atoms with van der Waals surface area (Å²) in [7, 11) is 0. The van der Waals surface area contributed by atoms with Crippen LogP contribution in [-0.2, 0) is 5.41 Å². The van der Waals surface area contributed by atoms with Crippen molar-refractivity contribution in [1.29, 1.82) is 0 Å². The largest absolute Gasteiger partial charge is 0.507 e. The van der Waals surface area contributed by atoms with Gasteiger partial charge in [0.05, 0.1) is 16.5 Å². The van der Waals surface area contributed by atoms with Gasteiger partial charge in [0.15, 0.2) is 23.0 Å². The molecule has 0 saturated carbocycles. The van der Waals surface area contributed by atoms with Gasteiger partial charge in [0.2, 0.25) is 11.5 Å². The van der Waals surface area contributed by atoms with Crippen molar-refractivity contribution in [1.82, 2.24) is 0 Å². The zero-order valence-corrected chi connectivity index (χ0v) is 16.9. The number of benzene rings is 4. The lowest BCUT2D eigenvalue weighted by Crippen LogP contribution is -2.29. The maximum Gasteiger partial charge on any atom is 0.200 e. The molecule has 166 valence electrons. The van der Waals surface area contributed by atoms with Gasteiger partial charge in [-0.25, -0.2) is 0 Å². The van der Waals surface area contributed by atoms with E-state index in [-0.39, 0.29) is 11.1 Å². The van der Waals surface area contributed by atoms with Crippen LogP contribution in [0.2, 0.25) is 0 Å². The Bertz CT molecular complexity index is 1350. The number of fused-ring (bicyclic) bond motifs is 3. The minimum absolute atomic E-state index is 0.356. The summed E-state index contributed by atoms with van der Waals surface area (Å²) in [4.78, 5) is 0. The summed E-state index contributed by atoms with van der Waals surface area (Å²) in [6, 6.07) is 15.3. The van der Waals surface area contributed by atoms with Gasteiger partial charge in [-0.1, -0.05) is 48.5 Å². The molecule has 0 heterocycles. The standard InChI is InChI=1S/C25H18O8/c26-15-9-17(28)21(30)23(32)19(15)25(20-16(27)10-18(29)22(31)24(20)33)13-7-3-1-5-11(13)12-6-2-4-8-14(12)25/h1-10,26-33H. The molecule has 4 aromatic carbocycles. The molecular formula is C25H18O8. The second-order valence-electron chi connectivity index (χ2n) is 7.82. The molecule has 8 heteroatoms. The molecule has 8 nitrogen and oxygen atoms in total. The first kappa shape index (κ1) is 20.2. The van der Waals surface area contributed by atoms with Gasteiger partial charge < -0.3 is 40.9 Å². The normalized spacial score (nSPS) is 13.5. The third-order valence-corrected chi connectivity index (χ3v) is 6.17. The highest BCUT2D eigenvalue weighted by molar-refractivity contribution is 5.90. The Morgan fingerprint density at radius 1 is 0.424 bits per heavy atom. The van der Waals surface area contributed by atoms with Crippen LogP contribution in [-0.4, -0.2) is 40.9 Å². The predicted molar refractivity (Wildman–Crippen MR) is 117 cm³/mol. The number of phenols is 8.